The van der Waals surface area contributed by atoms with Crippen LogP contribution in [-0.2, 0) is 6.54 Å². The molecule has 0 fully saturated rings. The van der Waals surface area contributed by atoms with Gasteiger partial charge in [0.1, 0.15) is 17.4 Å². The van der Waals surface area contributed by atoms with E-state index in [1.54, 1.807) is 13.4 Å². The van der Waals surface area contributed by atoms with Crippen molar-refractivity contribution in [2.45, 2.75) is 32.7 Å². The third-order valence-corrected chi connectivity index (χ3v) is 6.04. The second kappa shape index (κ2) is 8.65. The third-order valence-electron chi connectivity index (χ3n) is 6.04. The minimum atomic E-state index is -0.225. The van der Waals surface area contributed by atoms with Crippen LogP contribution in [0.2, 0.25) is 0 Å². The molecule has 0 unspecified atom stereocenters. The lowest BCUT2D eigenvalue weighted by Crippen LogP contribution is -2.24. The summed E-state index contributed by atoms with van der Waals surface area (Å²) in [4.78, 5) is 9.11. The van der Waals surface area contributed by atoms with Gasteiger partial charge < -0.3 is 9.30 Å². The van der Waals surface area contributed by atoms with Crippen molar-refractivity contribution < 1.29 is 9.13 Å². The minimum Gasteiger partial charge on any atom is -0.495 e. The quantitative estimate of drug-likeness (QED) is 0.422. The fourth-order valence-electron chi connectivity index (χ4n) is 4.43. The maximum atomic E-state index is 13.4. The Hall–Kier alpha value is -3.74. The van der Waals surface area contributed by atoms with E-state index >= 15 is 0 Å². The summed E-state index contributed by atoms with van der Waals surface area (Å²) in [6.07, 6.45) is 8.63. The topological polar surface area (TPSA) is 57.8 Å². The summed E-state index contributed by atoms with van der Waals surface area (Å²) >= 11 is 0. The van der Waals surface area contributed by atoms with Crippen molar-refractivity contribution >= 4 is 12.2 Å². The molecule has 0 N–H and O–H groups in total. The molecule has 6 nitrogen and oxygen atoms in total. The number of rotatable bonds is 5. The van der Waals surface area contributed by atoms with Gasteiger partial charge >= 0.3 is 0 Å². The molecule has 0 radical (unpaired) electrons. The molecule has 1 aliphatic heterocycles. The van der Waals surface area contributed by atoms with Gasteiger partial charge in [-0.3, -0.25) is 0 Å². The first-order chi connectivity index (χ1) is 16.0. The highest BCUT2D eigenvalue weighted by atomic mass is 19.1. The van der Waals surface area contributed by atoms with E-state index in [9.17, 15) is 4.39 Å². The van der Waals surface area contributed by atoms with E-state index in [-0.39, 0.29) is 11.7 Å². The molecular formula is C26H26FN5O. The number of hydrogen-bond acceptors (Lipinski definition) is 4. The van der Waals surface area contributed by atoms with Gasteiger partial charge in [0, 0.05) is 18.7 Å². The molecule has 1 aliphatic rings. The molecule has 0 saturated carbocycles. The molecule has 0 saturated heterocycles. The molecule has 5 rings (SSSR count). The average Bonchev–Trinajstić information content (AvgIpc) is 3.43. The SMILES string of the molecule is COc1cc(/C=C/c2nc3n(n2)C[C@@H](C)C[C@@H]3c2ccc(F)cc2)ccc1-n1cnc(C)c1. The van der Waals surface area contributed by atoms with Gasteiger partial charge in [0.25, 0.3) is 0 Å². The molecule has 2 aromatic carbocycles. The number of aryl methyl sites for hydroxylation is 1. The number of ether oxygens (including phenoxy) is 1. The number of imidazole rings is 1. The Morgan fingerprint density at radius 2 is 1.94 bits per heavy atom. The number of nitrogens with zero attached hydrogens (tertiary/aromatic N) is 5. The van der Waals surface area contributed by atoms with Crippen molar-refractivity contribution in [3.05, 3.63) is 89.3 Å². The lowest BCUT2D eigenvalue weighted by molar-refractivity contribution is 0.342. The smallest absolute Gasteiger partial charge is 0.174 e. The summed E-state index contributed by atoms with van der Waals surface area (Å²) in [6, 6.07) is 12.8. The van der Waals surface area contributed by atoms with Gasteiger partial charge in [-0.05, 0) is 60.7 Å². The predicted molar refractivity (Wildman–Crippen MR) is 126 cm³/mol. The van der Waals surface area contributed by atoms with Crippen molar-refractivity contribution in [1.29, 1.82) is 0 Å². The van der Waals surface area contributed by atoms with Gasteiger partial charge in [-0.2, -0.15) is 5.10 Å². The molecule has 168 valence electrons. The van der Waals surface area contributed by atoms with Crippen LogP contribution in [-0.4, -0.2) is 31.4 Å². The first-order valence-electron chi connectivity index (χ1n) is 11.1. The Morgan fingerprint density at radius 1 is 1.12 bits per heavy atom. The zero-order valence-corrected chi connectivity index (χ0v) is 18.9. The highest BCUT2D eigenvalue weighted by molar-refractivity contribution is 5.69. The predicted octanol–water partition coefficient (Wildman–Crippen LogP) is 5.26. The summed E-state index contributed by atoms with van der Waals surface area (Å²) in [7, 11) is 1.66. The monoisotopic (exact) mass is 443 g/mol. The van der Waals surface area contributed by atoms with E-state index in [1.165, 1.54) is 12.1 Å². The van der Waals surface area contributed by atoms with E-state index in [2.05, 4.69) is 11.9 Å². The Balaban J connectivity index is 1.42. The van der Waals surface area contributed by atoms with Crippen molar-refractivity contribution in [2.75, 3.05) is 7.11 Å². The first-order valence-corrected chi connectivity index (χ1v) is 11.1. The van der Waals surface area contributed by atoms with Crippen molar-refractivity contribution in [1.82, 2.24) is 24.3 Å². The number of fused-ring (bicyclic) bond motifs is 1. The van der Waals surface area contributed by atoms with E-state index in [0.717, 1.165) is 47.0 Å². The third kappa shape index (κ3) is 4.31. The Labute approximate surface area is 192 Å². The van der Waals surface area contributed by atoms with Crippen molar-refractivity contribution in [2.24, 2.45) is 5.92 Å². The molecule has 0 amide bonds. The van der Waals surface area contributed by atoms with Crippen LogP contribution in [0, 0.1) is 18.7 Å². The van der Waals surface area contributed by atoms with Crippen LogP contribution >= 0.6 is 0 Å². The van der Waals surface area contributed by atoms with Gasteiger partial charge in [-0.1, -0.05) is 31.2 Å². The van der Waals surface area contributed by atoms with E-state index in [1.807, 2.05) is 64.9 Å². The molecular weight excluding hydrogens is 417 g/mol. The normalized spacial score (nSPS) is 17.9. The second-order valence-corrected chi connectivity index (χ2v) is 8.64. The number of methoxy groups -OCH3 is 1. The van der Waals surface area contributed by atoms with Crippen LogP contribution in [0.4, 0.5) is 4.39 Å². The fraction of sp³-hybridized carbons (Fsp3) is 0.269. The van der Waals surface area contributed by atoms with E-state index in [4.69, 9.17) is 14.8 Å². The number of halogens is 1. The maximum Gasteiger partial charge on any atom is 0.174 e. The second-order valence-electron chi connectivity index (χ2n) is 8.64. The van der Waals surface area contributed by atoms with E-state index < -0.39 is 0 Å². The summed E-state index contributed by atoms with van der Waals surface area (Å²) in [5, 5.41) is 4.72. The van der Waals surface area contributed by atoms with Crippen molar-refractivity contribution in [3.8, 4) is 11.4 Å². The zero-order chi connectivity index (χ0) is 22.9. The first kappa shape index (κ1) is 21.1. The Morgan fingerprint density at radius 3 is 2.67 bits per heavy atom. The largest absolute Gasteiger partial charge is 0.495 e. The van der Waals surface area contributed by atoms with Gasteiger partial charge in [0.05, 0.1) is 24.8 Å². The Bertz CT molecular complexity index is 1300. The summed E-state index contributed by atoms with van der Waals surface area (Å²) < 4.78 is 23.0. The molecule has 3 heterocycles. The van der Waals surface area contributed by atoms with Crippen molar-refractivity contribution in [3.63, 3.8) is 0 Å². The fourth-order valence-corrected chi connectivity index (χ4v) is 4.43. The molecule has 33 heavy (non-hydrogen) atoms. The number of benzene rings is 2. The van der Waals surface area contributed by atoms with Crippen LogP contribution in [0.15, 0.2) is 55.0 Å². The van der Waals surface area contributed by atoms with Gasteiger partial charge in [0.15, 0.2) is 5.82 Å². The van der Waals surface area contributed by atoms with Crippen LogP contribution < -0.4 is 4.74 Å². The Kier molecular flexibility index (Phi) is 5.54. The molecule has 0 bridgehead atoms. The number of aromatic nitrogens is 5. The van der Waals surface area contributed by atoms with Crippen LogP contribution in [0.1, 0.15) is 47.7 Å². The molecule has 7 heteroatoms. The highest BCUT2D eigenvalue weighted by Gasteiger charge is 2.29. The van der Waals surface area contributed by atoms with Crippen LogP contribution in [0.3, 0.4) is 0 Å². The summed E-state index contributed by atoms with van der Waals surface area (Å²) in [5.41, 5.74) is 3.94. The standard InChI is InChI=1S/C26H26FN5O/c1-17-12-22(20-6-8-21(27)9-7-20)26-29-25(30-32(26)14-17)11-5-19-4-10-23(24(13-19)33-3)31-15-18(2)28-16-31/h4-11,13,15-17,22H,12,14H2,1-3H3/b11-5+/t17-,22+/m0/s1. The van der Waals surface area contributed by atoms with E-state index in [0.29, 0.717) is 11.7 Å². The number of hydrogen-bond donors (Lipinski definition) is 0. The van der Waals surface area contributed by atoms with Gasteiger partial charge in [0.2, 0.25) is 0 Å². The highest BCUT2D eigenvalue weighted by Crippen LogP contribution is 2.35. The summed E-state index contributed by atoms with van der Waals surface area (Å²) in [6.45, 7) is 5.01. The molecule has 0 aliphatic carbocycles. The average molecular weight is 444 g/mol. The van der Waals surface area contributed by atoms with Gasteiger partial charge in [-0.25, -0.2) is 19.0 Å². The van der Waals surface area contributed by atoms with Crippen LogP contribution in [0.5, 0.6) is 5.75 Å². The van der Waals surface area contributed by atoms with Crippen LogP contribution in [0.25, 0.3) is 17.8 Å². The summed E-state index contributed by atoms with van der Waals surface area (Å²) in [5.74, 6) is 2.72. The molecule has 0 spiro atoms. The minimum absolute atomic E-state index is 0.113. The lowest BCUT2D eigenvalue weighted by atomic mass is 9.86. The molecule has 2 atom stereocenters. The maximum absolute atomic E-state index is 13.4. The lowest BCUT2D eigenvalue weighted by Gasteiger charge is -2.27. The molecule has 4 aromatic rings. The zero-order valence-electron chi connectivity index (χ0n) is 18.9. The van der Waals surface area contributed by atoms with Gasteiger partial charge in [-0.15, -0.1) is 0 Å². The molecule has 2 aromatic heterocycles.